The number of hydrogen-bond acceptors (Lipinski definition) is 9. The minimum Gasteiger partial charge on any atom is -0.390 e. The predicted molar refractivity (Wildman–Crippen MR) is 281 cm³/mol. The Bertz CT molecular complexity index is 1730. The Morgan fingerprint density at radius 1 is 0.500 bits per heavy atom. The summed E-state index contributed by atoms with van der Waals surface area (Å²) in [5, 5.41) is 46.8. The van der Waals surface area contributed by atoms with Crippen LogP contribution < -0.4 is 10.8 Å². The highest BCUT2D eigenvalue weighted by Gasteiger charge is 2.49. The molecule has 9 aliphatic carbocycles. The molecular formula is C60H100N6O4. The molecule has 16 atom stereocenters. The molecule has 0 aromatic heterocycles. The highest BCUT2D eigenvalue weighted by molar-refractivity contribution is 5.80. The maximum absolute atomic E-state index is 13.7. The summed E-state index contributed by atoms with van der Waals surface area (Å²) in [7, 11) is 0. The second-order valence-electron chi connectivity index (χ2n) is 26.2. The lowest BCUT2D eigenvalue weighted by Gasteiger charge is -2.45. The predicted octanol–water partition coefficient (Wildman–Crippen LogP) is 13.3. The van der Waals surface area contributed by atoms with Crippen LogP contribution in [0, 0.1) is 82.9 Å². The van der Waals surface area contributed by atoms with E-state index < -0.39 is 12.2 Å². The number of allylic oxidation sites excluding steroid dienone is 4. The van der Waals surface area contributed by atoms with Crippen LogP contribution in [0.5, 0.6) is 0 Å². The van der Waals surface area contributed by atoms with Gasteiger partial charge in [0.15, 0.2) is 0 Å². The summed E-state index contributed by atoms with van der Waals surface area (Å²) >= 11 is 0. The molecule has 4 N–H and O–H groups in total. The number of carbonyl (C=O) groups excluding carboxylic acids is 1. The molecule has 16 unspecified atom stereocenters. The second-order valence-corrected chi connectivity index (χ2v) is 26.2. The van der Waals surface area contributed by atoms with E-state index in [1.165, 1.54) is 122 Å². The summed E-state index contributed by atoms with van der Waals surface area (Å²) in [6.45, 7) is 10.1. The quantitative estimate of drug-likeness (QED) is 0.0780. The van der Waals surface area contributed by atoms with Gasteiger partial charge in [0.25, 0.3) is 0 Å². The Labute approximate surface area is 425 Å². The molecule has 0 aromatic rings. The van der Waals surface area contributed by atoms with E-state index in [9.17, 15) is 15.0 Å². The van der Waals surface area contributed by atoms with Crippen molar-refractivity contribution in [3.8, 4) is 0 Å². The Morgan fingerprint density at radius 2 is 0.971 bits per heavy atom. The van der Waals surface area contributed by atoms with E-state index >= 15 is 0 Å². The number of hydroxylamine groups is 1. The van der Waals surface area contributed by atoms with Crippen molar-refractivity contribution in [2.24, 2.45) is 103 Å². The van der Waals surface area contributed by atoms with E-state index in [1.54, 1.807) is 0 Å². The average molecular weight is 969 g/mol. The van der Waals surface area contributed by atoms with Gasteiger partial charge in [0, 0.05) is 6.04 Å². The SMILES string of the molecule is CC1CCC(CONC2CC3CCCCC3C(N=NC3CCC(C=CC4CCC(C=CC5CCC(N=NC6C(O)C(C(=O)NC7CCC(C)CC7C)CC7CCCCC76)CC5)CC4)CC3)C2O)C(C)C1. The zero-order valence-corrected chi connectivity index (χ0v) is 44.5. The van der Waals surface area contributed by atoms with Crippen LogP contribution in [0.3, 0.4) is 0 Å². The molecule has 10 nitrogen and oxygen atoms in total. The molecule has 9 rings (SSSR count). The molecule has 0 aliphatic heterocycles. The van der Waals surface area contributed by atoms with Crippen LogP contribution >= 0.6 is 0 Å². The third-order valence-electron chi connectivity index (χ3n) is 21.0. The van der Waals surface area contributed by atoms with Crippen LogP contribution in [0.25, 0.3) is 0 Å². The fourth-order valence-electron chi connectivity index (χ4n) is 16.3. The molecule has 0 aromatic carbocycles. The largest absolute Gasteiger partial charge is 0.390 e. The minimum absolute atomic E-state index is 0.0601. The number of fused-ring (bicyclic) bond motifs is 2. The number of aliphatic hydroxyl groups excluding tert-OH is 2. The van der Waals surface area contributed by atoms with Crippen LogP contribution in [0.15, 0.2) is 44.8 Å². The van der Waals surface area contributed by atoms with Gasteiger partial charge >= 0.3 is 0 Å². The average Bonchev–Trinajstić information content (AvgIpc) is 3.37. The van der Waals surface area contributed by atoms with Crippen LogP contribution in [0.1, 0.15) is 207 Å². The van der Waals surface area contributed by atoms with Crippen LogP contribution in [0.2, 0.25) is 0 Å². The normalized spacial score (nSPS) is 46.5. The highest BCUT2D eigenvalue weighted by Crippen LogP contribution is 2.46. The molecule has 394 valence electrons. The van der Waals surface area contributed by atoms with E-state index in [0.717, 1.165) is 76.2 Å². The van der Waals surface area contributed by atoms with E-state index in [1.807, 2.05) is 0 Å². The second kappa shape index (κ2) is 25.5. The minimum atomic E-state index is -0.732. The van der Waals surface area contributed by atoms with Gasteiger partial charge in [0.2, 0.25) is 5.91 Å². The number of aliphatic hydroxyl groups is 2. The third kappa shape index (κ3) is 13.8. The van der Waals surface area contributed by atoms with Crippen molar-refractivity contribution in [2.45, 2.75) is 256 Å². The Hall–Kier alpha value is -2.01. The van der Waals surface area contributed by atoms with Gasteiger partial charge in [-0.2, -0.15) is 25.9 Å². The van der Waals surface area contributed by atoms with Crippen LogP contribution in [0.4, 0.5) is 0 Å². The molecule has 0 radical (unpaired) electrons. The molecule has 9 fully saturated rings. The number of nitrogens with one attached hydrogen (secondary N) is 2. The third-order valence-corrected chi connectivity index (χ3v) is 21.0. The molecule has 1 amide bonds. The van der Waals surface area contributed by atoms with Crippen molar-refractivity contribution >= 4 is 5.91 Å². The number of carbonyl (C=O) groups is 1. The molecule has 0 heterocycles. The van der Waals surface area contributed by atoms with Crippen LogP contribution in [-0.2, 0) is 9.63 Å². The maximum atomic E-state index is 13.7. The molecular weight excluding hydrogens is 869 g/mol. The fraction of sp³-hybridized carbons (Fsp3) is 0.917. The van der Waals surface area contributed by atoms with Gasteiger partial charge in [-0.05, 0) is 212 Å². The van der Waals surface area contributed by atoms with Gasteiger partial charge in [-0.1, -0.05) is 96.9 Å². The van der Waals surface area contributed by atoms with Crippen molar-refractivity contribution in [2.75, 3.05) is 6.61 Å². The first kappa shape index (κ1) is 52.8. The number of nitrogens with zero attached hydrogens (tertiary/aromatic N) is 4. The highest BCUT2D eigenvalue weighted by atomic mass is 16.6. The first-order chi connectivity index (χ1) is 34.0. The zero-order chi connectivity index (χ0) is 48.6. The van der Waals surface area contributed by atoms with Crippen molar-refractivity contribution < 1.29 is 19.8 Å². The Morgan fingerprint density at radius 3 is 1.50 bits per heavy atom. The summed E-state index contributed by atoms with van der Waals surface area (Å²) in [5.41, 5.74) is 3.37. The molecule has 0 bridgehead atoms. The monoisotopic (exact) mass is 969 g/mol. The van der Waals surface area contributed by atoms with Gasteiger partial charge in [0.05, 0.1) is 42.9 Å². The molecule has 10 heteroatoms. The van der Waals surface area contributed by atoms with E-state index in [4.69, 9.17) is 25.3 Å². The standard InChI is InChI=1S/C60H100N6O4/c1-38-13-27-48(40(3)33-38)37-70-66-55-36-47-10-6-8-12-52(47)57(59(55)68)65-63-50-30-25-45(26-31-50)22-20-43-17-15-42(16-18-43)19-21-44-23-28-49(29-24-44)62-64-56-51-11-7-5-9-46(51)35-53(58(56)67)60(69)61-54-32-14-39(2)34-41(54)4/h19-22,38-59,66-68H,5-18,23-37H2,1-4H3,(H,61,69). The van der Waals surface area contributed by atoms with Crippen molar-refractivity contribution in [3.05, 3.63) is 24.3 Å². The molecule has 0 saturated heterocycles. The van der Waals surface area contributed by atoms with Gasteiger partial charge in [-0.25, -0.2) is 0 Å². The molecule has 9 aliphatic rings. The molecule has 70 heavy (non-hydrogen) atoms. The smallest absolute Gasteiger partial charge is 0.226 e. The van der Waals surface area contributed by atoms with Crippen molar-refractivity contribution in [3.63, 3.8) is 0 Å². The lowest BCUT2D eigenvalue weighted by atomic mass is 9.63. The first-order valence-corrected chi connectivity index (χ1v) is 30.2. The summed E-state index contributed by atoms with van der Waals surface area (Å²) in [5.74, 6) is 7.61. The lowest BCUT2D eigenvalue weighted by Crippen LogP contribution is -2.55. The summed E-state index contributed by atoms with van der Waals surface area (Å²) in [6.07, 6.45) is 41.9. The van der Waals surface area contributed by atoms with Gasteiger partial charge in [-0.3, -0.25) is 4.79 Å². The number of rotatable bonds is 14. The van der Waals surface area contributed by atoms with E-state index in [0.29, 0.717) is 65.1 Å². The van der Waals surface area contributed by atoms with E-state index in [-0.39, 0.29) is 48.1 Å². The lowest BCUT2D eigenvalue weighted by molar-refractivity contribution is -0.135. The number of azo groups is 2. The first-order valence-electron chi connectivity index (χ1n) is 30.2. The summed E-state index contributed by atoms with van der Waals surface area (Å²) in [6, 6.07) is 0.330. The Kier molecular flexibility index (Phi) is 19.2. The van der Waals surface area contributed by atoms with Gasteiger partial charge in [-0.15, -0.1) is 0 Å². The zero-order valence-electron chi connectivity index (χ0n) is 44.5. The maximum Gasteiger partial charge on any atom is 0.226 e. The summed E-state index contributed by atoms with van der Waals surface area (Å²) in [4.78, 5) is 19.9. The number of amides is 1. The van der Waals surface area contributed by atoms with Gasteiger partial charge in [0.1, 0.15) is 12.1 Å². The number of hydrogen-bond donors (Lipinski definition) is 4. The van der Waals surface area contributed by atoms with Crippen molar-refractivity contribution in [1.82, 2.24) is 10.8 Å². The molecule has 0 spiro atoms. The molecule has 9 saturated carbocycles. The van der Waals surface area contributed by atoms with Crippen LogP contribution in [-0.4, -0.2) is 71.2 Å². The Balaban J connectivity index is 0.669. The fourth-order valence-corrected chi connectivity index (χ4v) is 16.3. The summed E-state index contributed by atoms with van der Waals surface area (Å²) < 4.78 is 0. The van der Waals surface area contributed by atoms with Crippen molar-refractivity contribution in [1.29, 1.82) is 0 Å². The van der Waals surface area contributed by atoms with Gasteiger partial charge < -0.3 is 20.4 Å². The topological polar surface area (TPSA) is 140 Å². The van der Waals surface area contributed by atoms with E-state index in [2.05, 4.69) is 62.8 Å².